The van der Waals surface area contributed by atoms with E-state index in [1.807, 2.05) is 12.1 Å². The summed E-state index contributed by atoms with van der Waals surface area (Å²) in [7, 11) is 0. The van der Waals surface area contributed by atoms with Crippen LogP contribution in [0, 0.1) is 5.41 Å². The van der Waals surface area contributed by atoms with E-state index in [1.165, 1.54) is 5.56 Å². The Morgan fingerprint density at radius 1 is 1.31 bits per heavy atom. The number of hydrogen-bond donors (Lipinski definition) is 1. The number of nitrogens with two attached hydrogens (primary N) is 1. The molecule has 0 unspecified atom stereocenters. The van der Waals surface area contributed by atoms with Crippen LogP contribution < -0.4 is 5.73 Å². The third-order valence-corrected chi connectivity index (χ3v) is 1.97. The molecule has 0 aliphatic rings. The summed E-state index contributed by atoms with van der Waals surface area (Å²) in [5.41, 5.74) is 7.51. The second-order valence-corrected chi connectivity index (χ2v) is 4.65. The van der Waals surface area contributed by atoms with E-state index in [4.69, 9.17) is 5.73 Å². The summed E-state index contributed by atoms with van der Waals surface area (Å²) in [6.07, 6.45) is 4.58. The molecule has 0 fully saturated rings. The molecule has 72 valence electrons. The number of rotatable bonds is 2. The lowest BCUT2D eigenvalue weighted by Gasteiger charge is -2.23. The fourth-order valence-corrected chi connectivity index (χ4v) is 1.39. The Labute approximate surface area is 80.2 Å². The molecule has 2 N–H and O–H groups in total. The van der Waals surface area contributed by atoms with E-state index >= 15 is 0 Å². The second kappa shape index (κ2) is 3.88. The van der Waals surface area contributed by atoms with Gasteiger partial charge in [0.2, 0.25) is 0 Å². The van der Waals surface area contributed by atoms with Gasteiger partial charge >= 0.3 is 0 Å². The van der Waals surface area contributed by atoms with Crippen LogP contribution in [-0.4, -0.2) is 4.98 Å². The first-order chi connectivity index (χ1) is 5.99. The molecule has 1 atom stereocenters. The zero-order chi connectivity index (χ0) is 9.90. The highest BCUT2D eigenvalue weighted by atomic mass is 14.7. The van der Waals surface area contributed by atoms with Gasteiger partial charge in [-0.15, -0.1) is 0 Å². The van der Waals surface area contributed by atoms with E-state index in [0.29, 0.717) is 0 Å². The summed E-state index contributed by atoms with van der Waals surface area (Å²) < 4.78 is 0. The van der Waals surface area contributed by atoms with Crippen molar-refractivity contribution in [2.75, 3.05) is 0 Å². The summed E-state index contributed by atoms with van der Waals surface area (Å²) >= 11 is 0. The number of nitrogens with zero attached hydrogens (tertiary/aromatic N) is 1. The largest absolute Gasteiger partial charge is 0.324 e. The van der Waals surface area contributed by atoms with Crippen molar-refractivity contribution in [2.45, 2.75) is 33.2 Å². The first-order valence-corrected chi connectivity index (χ1v) is 4.64. The Balaban J connectivity index is 2.64. The quantitative estimate of drug-likeness (QED) is 0.755. The minimum absolute atomic E-state index is 0.128. The van der Waals surface area contributed by atoms with Gasteiger partial charge in [-0.3, -0.25) is 4.98 Å². The van der Waals surface area contributed by atoms with Crippen molar-refractivity contribution in [1.82, 2.24) is 4.98 Å². The smallest absolute Gasteiger partial charge is 0.0300 e. The molecule has 0 aliphatic heterocycles. The molecule has 2 nitrogen and oxygen atoms in total. The molecule has 1 aromatic heterocycles. The first kappa shape index (κ1) is 10.2. The van der Waals surface area contributed by atoms with Gasteiger partial charge < -0.3 is 5.73 Å². The number of pyridine rings is 1. The van der Waals surface area contributed by atoms with E-state index < -0.39 is 0 Å². The zero-order valence-corrected chi connectivity index (χ0v) is 8.62. The summed E-state index contributed by atoms with van der Waals surface area (Å²) in [6, 6.07) is 4.09. The van der Waals surface area contributed by atoms with E-state index in [9.17, 15) is 0 Å². The van der Waals surface area contributed by atoms with Gasteiger partial charge in [0, 0.05) is 18.4 Å². The van der Waals surface area contributed by atoms with Gasteiger partial charge in [0.1, 0.15) is 0 Å². The van der Waals surface area contributed by atoms with Crippen LogP contribution in [0.25, 0.3) is 0 Å². The first-order valence-electron chi connectivity index (χ1n) is 4.64. The van der Waals surface area contributed by atoms with Crippen LogP contribution in [0.4, 0.5) is 0 Å². The molecule has 2 heteroatoms. The van der Waals surface area contributed by atoms with Crippen molar-refractivity contribution in [3.05, 3.63) is 30.1 Å². The molecule has 13 heavy (non-hydrogen) atoms. The topological polar surface area (TPSA) is 38.9 Å². The van der Waals surface area contributed by atoms with Gasteiger partial charge in [0.25, 0.3) is 0 Å². The Morgan fingerprint density at radius 2 is 1.85 bits per heavy atom. The van der Waals surface area contributed by atoms with Gasteiger partial charge in [-0.05, 0) is 29.5 Å². The monoisotopic (exact) mass is 178 g/mol. The molecule has 1 heterocycles. The van der Waals surface area contributed by atoms with E-state index in [0.717, 1.165) is 6.42 Å². The number of aromatic nitrogens is 1. The standard InChI is InChI=1S/C11H18N2/c1-11(2,3)8-10(12)9-4-6-13-7-5-9/h4-7,10H,8,12H2,1-3H3/t10-/m1/s1. The predicted molar refractivity (Wildman–Crippen MR) is 55.2 cm³/mol. The van der Waals surface area contributed by atoms with Crippen LogP contribution in [0.1, 0.15) is 38.8 Å². The maximum Gasteiger partial charge on any atom is 0.0300 e. The Kier molecular flexibility index (Phi) is 3.04. The normalized spacial score (nSPS) is 14.2. The lowest BCUT2D eigenvalue weighted by molar-refractivity contribution is 0.342. The molecule has 0 bridgehead atoms. The van der Waals surface area contributed by atoms with Crippen LogP contribution in [0.3, 0.4) is 0 Å². The lowest BCUT2D eigenvalue weighted by Crippen LogP contribution is -2.18. The molecule has 0 radical (unpaired) electrons. The predicted octanol–water partition coefficient (Wildman–Crippen LogP) is 2.52. The van der Waals surface area contributed by atoms with E-state index in [2.05, 4.69) is 25.8 Å². The summed E-state index contributed by atoms with van der Waals surface area (Å²) in [5, 5.41) is 0. The molecule has 0 aliphatic carbocycles. The Bertz CT molecular complexity index is 249. The van der Waals surface area contributed by atoms with Crippen molar-refractivity contribution in [3.8, 4) is 0 Å². The highest BCUT2D eigenvalue weighted by Crippen LogP contribution is 2.26. The highest BCUT2D eigenvalue weighted by Gasteiger charge is 2.16. The minimum Gasteiger partial charge on any atom is -0.324 e. The average molecular weight is 178 g/mol. The maximum absolute atomic E-state index is 6.05. The molecule has 1 aromatic rings. The molecule has 0 amide bonds. The lowest BCUT2D eigenvalue weighted by atomic mass is 9.86. The van der Waals surface area contributed by atoms with Crippen LogP contribution in [0.5, 0.6) is 0 Å². The van der Waals surface area contributed by atoms with Crippen molar-refractivity contribution in [2.24, 2.45) is 11.1 Å². The number of hydrogen-bond acceptors (Lipinski definition) is 2. The fraction of sp³-hybridized carbons (Fsp3) is 0.545. The summed E-state index contributed by atoms with van der Waals surface area (Å²) in [5.74, 6) is 0. The highest BCUT2D eigenvalue weighted by molar-refractivity contribution is 5.14. The van der Waals surface area contributed by atoms with Gasteiger partial charge in [0.05, 0.1) is 0 Å². The minimum atomic E-state index is 0.128. The Morgan fingerprint density at radius 3 is 2.31 bits per heavy atom. The third kappa shape index (κ3) is 3.55. The van der Waals surface area contributed by atoms with Gasteiger partial charge in [-0.25, -0.2) is 0 Å². The average Bonchev–Trinajstić information content (AvgIpc) is 2.03. The van der Waals surface area contributed by atoms with E-state index in [1.54, 1.807) is 12.4 Å². The summed E-state index contributed by atoms with van der Waals surface area (Å²) in [6.45, 7) is 6.61. The zero-order valence-electron chi connectivity index (χ0n) is 8.62. The molecule has 0 spiro atoms. The fourth-order valence-electron chi connectivity index (χ4n) is 1.39. The van der Waals surface area contributed by atoms with Crippen LogP contribution in [0.15, 0.2) is 24.5 Å². The summed E-state index contributed by atoms with van der Waals surface area (Å²) in [4.78, 5) is 3.97. The molecule has 0 saturated heterocycles. The van der Waals surface area contributed by atoms with Crippen molar-refractivity contribution >= 4 is 0 Å². The molecular weight excluding hydrogens is 160 g/mol. The molecule has 0 aromatic carbocycles. The molecule has 0 saturated carbocycles. The van der Waals surface area contributed by atoms with E-state index in [-0.39, 0.29) is 11.5 Å². The van der Waals surface area contributed by atoms with Crippen LogP contribution in [-0.2, 0) is 0 Å². The van der Waals surface area contributed by atoms with Crippen molar-refractivity contribution < 1.29 is 0 Å². The van der Waals surface area contributed by atoms with Crippen LogP contribution in [0.2, 0.25) is 0 Å². The Hall–Kier alpha value is -0.890. The third-order valence-electron chi connectivity index (χ3n) is 1.97. The van der Waals surface area contributed by atoms with Crippen molar-refractivity contribution in [1.29, 1.82) is 0 Å². The van der Waals surface area contributed by atoms with Crippen molar-refractivity contribution in [3.63, 3.8) is 0 Å². The molecular formula is C11H18N2. The SMILES string of the molecule is CC(C)(C)C[C@@H](N)c1ccncc1. The van der Waals surface area contributed by atoms with Gasteiger partial charge in [0.15, 0.2) is 0 Å². The molecule has 1 rings (SSSR count). The van der Waals surface area contributed by atoms with Gasteiger partial charge in [-0.2, -0.15) is 0 Å². The maximum atomic E-state index is 6.05. The van der Waals surface area contributed by atoms with Crippen LogP contribution >= 0.6 is 0 Å². The second-order valence-electron chi connectivity index (χ2n) is 4.65. The van der Waals surface area contributed by atoms with Gasteiger partial charge in [-0.1, -0.05) is 20.8 Å².